The summed E-state index contributed by atoms with van der Waals surface area (Å²) in [6.45, 7) is 10.2. The number of carbonyl (C=O) groups excluding carboxylic acids is 5. The minimum atomic E-state index is -0.627. The number of nitrogens with zero attached hydrogens (tertiary/aromatic N) is 4. The number of amides is 4. The van der Waals surface area contributed by atoms with E-state index in [9.17, 15) is 24.0 Å². The predicted octanol–water partition coefficient (Wildman–Crippen LogP) is 6.32. The molecule has 13 nitrogen and oxygen atoms in total. The van der Waals surface area contributed by atoms with Crippen molar-refractivity contribution >= 4 is 46.4 Å². The van der Waals surface area contributed by atoms with Crippen LogP contribution in [0, 0.1) is 5.92 Å². The maximum Gasteiger partial charge on any atom is 0.255 e. The summed E-state index contributed by atoms with van der Waals surface area (Å²) in [5, 5.41) is 10.6. The molecule has 0 spiro atoms. The summed E-state index contributed by atoms with van der Waals surface area (Å²) in [5.41, 5.74) is 6.41. The molecule has 0 aromatic heterocycles. The van der Waals surface area contributed by atoms with Crippen molar-refractivity contribution in [3.05, 3.63) is 137 Å². The minimum Gasteiger partial charge on any atom is -0.457 e. The van der Waals surface area contributed by atoms with Crippen molar-refractivity contribution in [1.82, 2.24) is 30.7 Å². The lowest BCUT2D eigenvalue weighted by molar-refractivity contribution is -0.123. The zero-order chi connectivity index (χ0) is 46.0. The zero-order valence-corrected chi connectivity index (χ0v) is 38.1. The van der Waals surface area contributed by atoms with Gasteiger partial charge in [0.25, 0.3) is 11.8 Å². The van der Waals surface area contributed by atoms with Crippen LogP contribution in [0.5, 0.6) is 11.5 Å². The van der Waals surface area contributed by atoms with Gasteiger partial charge < -0.3 is 35.3 Å². The predicted molar refractivity (Wildman–Crippen MR) is 257 cm³/mol. The highest BCUT2D eigenvalue weighted by atomic mass is 16.5. The fourth-order valence-corrected chi connectivity index (χ4v) is 9.37. The largest absolute Gasteiger partial charge is 0.457 e. The Balaban J connectivity index is 0.728. The number of piperidine rings is 1. The van der Waals surface area contributed by atoms with E-state index in [-0.39, 0.29) is 30.0 Å². The van der Waals surface area contributed by atoms with Gasteiger partial charge in [-0.25, -0.2) is 0 Å². The third-order valence-electron chi connectivity index (χ3n) is 13.3. The van der Waals surface area contributed by atoms with Crippen molar-refractivity contribution in [2.75, 3.05) is 64.3 Å². The molecule has 1 unspecified atom stereocenters. The summed E-state index contributed by atoms with van der Waals surface area (Å²) >= 11 is 0. The molecule has 3 heterocycles. The van der Waals surface area contributed by atoms with Crippen LogP contribution < -0.4 is 25.6 Å². The second-order valence-corrected chi connectivity index (χ2v) is 17.8. The molecule has 344 valence electrons. The number of nitrogens with one attached hydrogen (secondary N) is 3. The number of benzene rings is 5. The standard InChI is InChI=1S/C53H61N7O6/c1-3-37-10-15-46(16-11-37)66-49-9-5-8-41-29-42(12-17-47(41)49)52(64)56-32-40-7-4-6-39(28-40)31-55-51(63)35-57-22-20-38(21-23-57)33-58-24-26-59(27-25-58)44-13-18-48-43(30-44)34-60(53(48)65)45(36-61)14-19-50(62)54-2/h4-13,15-18,28-30,36,38,45H,3,14,19-27,31-35H2,1-2H3,(H,54,62)(H,55,63)(H,56,64). The molecule has 0 bridgehead atoms. The highest BCUT2D eigenvalue weighted by Gasteiger charge is 2.34. The highest BCUT2D eigenvalue weighted by molar-refractivity contribution is 6.01. The lowest BCUT2D eigenvalue weighted by Crippen LogP contribution is -2.49. The molecule has 0 radical (unpaired) electrons. The molecule has 5 aromatic carbocycles. The van der Waals surface area contributed by atoms with E-state index >= 15 is 0 Å². The number of ether oxygens (including phenoxy) is 1. The van der Waals surface area contributed by atoms with E-state index in [1.54, 1.807) is 11.9 Å². The topological polar surface area (TPSA) is 144 Å². The molecule has 5 aromatic rings. The van der Waals surface area contributed by atoms with Crippen LogP contribution in [0.25, 0.3) is 10.8 Å². The van der Waals surface area contributed by atoms with Gasteiger partial charge in [-0.15, -0.1) is 0 Å². The Kier molecular flexibility index (Phi) is 15.1. The number of likely N-dealkylation sites (tertiary alicyclic amines) is 1. The minimum absolute atomic E-state index is 0.00994. The molecule has 0 saturated carbocycles. The first-order valence-corrected chi connectivity index (χ1v) is 23.4. The van der Waals surface area contributed by atoms with Gasteiger partial charge in [-0.2, -0.15) is 0 Å². The first kappa shape index (κ1) is 46.0. The van der Waals surface area contributed by atoms with Crippen molar-refractivity contribution in [1.29, 1.82) is 0 Å². The number of fused-ring (bicyclic) bond motifs is 2. The van der Waals surface area contributed by atoms with E-state index in [2.05, 4.69) is 55.8 Å². The van der Waals surface area contributed by atoms with Crippen molar-refractivity contribution in [2.45, 2.75) is 64.7 Å². The molecule has 3 aliphatic rings. The van der Waals surface area contributed by atoms with Gasteiger partial charge in [-0.1, -0.05) is 55.5 Å². The molecule has 2 fully saturated rings. The normalized spacial score (nSPS) is 16.2. The molecule has 1 atom stereocenters. The fourth-order valence-electron chi connectivity index (χ4n) is 9.37. The molecular formula is C53H61N7O6. The van der Waals surface area contributed by atoms with Crippen LogP contribution in [0.15, 0.2) is 103 Å². The molecule has 13 heteroatoms. The summed E-state index contributed by atoms with van der Waals surface area (Å²) in [5.74, 6) is 1.65. The number of hydrogen-bond donors (Lipinski definition) is 3. The van der Waals surface area contributed by atoms with Gasteiger partial charge in [0.15, 0.2) is 0 Å². The van der Waals surface area contributed by atoms with Crippen LogP contribution in [-0.4, -0.2) is 110 Å². The van der Waals surface area contributed by atoms with Gasteiger partial charge in [0.2, 0.25) is 11.8 Å². The number of piperazine rings is 1. The Morgan fingerprint density at radius 1 is 0.773 bits per heavy atom. The quantitative estimate of drug-likeness (QED) is 0.0862. The average molecular weight is 892 g/mol. The Morgan fingerprint density at radius 2 is 1.52 bits per heavy atom. The van der Waals surface area contributed by atoms with E-state index in [4.69, 9.17) is 4.74 Å². The van der Waals surface area contributed by atoms with Gasteiger partial charge in [0.1, 0.15) is 17.8 Å². The van der Waals surface area contributed by atoms with Crippen LogP contribution >= 0.6 is 0 Å². The second kappa shape index (κ2) is 21.6. The van der Waals surface area contributed by atoms with E-state index in [0.29, 0.717) is 49.6 Å². The van der Waals surface area contributed by atoms with E-state index < -0.39 is 6.04 Å². The number of aryl methyl sites for hydroxylation is 1. The molecule has 8 rings (SSSR count). The molecule has 0 aliphatic carbocycles. The van der Waals surface area contributed by atoms with E-state index in [1.807, 2.05) is 84.9 Å². The van der Waals surface area contributed by atoms with Gasteiger partial charge in [0, 0.05) is 88.0 Å². The number of aldehydes is 1. The molecule has 4 amide bonds. The maximum absolute atomic E-state index is 13.2. The van der Waals surface area contributed by atoms with Gasteiger partial charge >= 0.3 is 0 Å². The van der Waals surface area contributed by atoms with Gasteiger partial charge in [-0.3, -0.25) is 29.0 Å². The second-order valence-electron chi connectivity index (χ2n) is 17.8. The first-order valence-electron chi connectivity index (χ1n) is 23.4. The fraction of sp³-hybridized carbons (Fsp3) is 0.377. The van der Waals surface area contributed by atoms with Crippen LogP contribution in [0.3, 0.4) is 0 Å². The van der Waals surface area contributed by atoms with E-state index in [0.717, 1.165) is 116 Å². The average Bonchev–Trinajstić information content (AvgIpc) is 3.68. The first-order chi connectivity index (χ1) is 32.2. The smallest absolute Gasteiger partial charge is 0.255 e. The van der Waals surface area contributed by atoms with Crippen molar-refractivity contribution in [2.24, 2.45) is 5.92 Å². The Labute approximate surface area is 387 Å². The third-order valence-corrected chi connectivity index (χ3v) is 13.3. The lowest BCUT2D eigenvalue weighted by Gasteiger charge is -2.39. The highest BCUT2D eigenvalue weighted by Crippen LogP contribution is 2.32. The van der Waals surface area contributed by atoms with Crippen LogP contribution in [0.4, 0.5) is 5.69 Å². The molecule has 66 heavy (non-hydrogen) atoms. The Bertz CT molecular complexity index is 2530. The molecule has 3 N–H and O–H groups in total. The van der Waals surface area contributed by atoms with Crippen LogP contribution in [-0.2, 0) is 40.4 Å². The summed E-state index contributed by atoms with van der Waals surface area (Å²) in [6, 6.07) is 32.9. The summed E-state index contributed by atoms with van der Waals surface area (Å²) in [6.07, 6.45) is 4.36. The van der Waals surface area contributed by atoms with Crippen LogP contribution in [0.2, 0.25) is 0 Å². The maximum atomic E-state index is 13.2. The Hall–Kier alpha value is -6.57. The zero-order valence-electron chi connectivity index (χ0n) is 38.1. The van der Waals surface area contributed by atoms with Crippen molar-refractivity contribution in [3.63, 3.8) is 0 Å². The van der Waals surface area contributed by atoms with Gasteiger partial charge in [0.05, 0.1) is 12.6 Å². The summed E-state index contributed by atoms with van der Waals surface area (Å²) < 4.78 is 6.20. The molecule has 3 aliphatic heterocycles. The van der Waals surface area contributed by atoms with Crippen LogP contribution in [0.1, 0.15) is 75.6 Å². The van der Waals surface area contributed by atoms with Crippen molar-refractivity contribution < 1.29 is 28.7 Å². The summed E-state index contributed by atoms with van der Waals surface area (Å²) in [7, 11) is 1.56. The number of anilines is 1. The molecular weight excluding hydrogens is 831 g/mol. The number of carbonyl (C=O) groups is 5. The lowest BCUT2D eigenvalue weighted by atomic mass is 9.96. The Morgan fingerprint density at radius 3 is 2.24 bits per heavy atom. The number of hydrogen-bond acceptors (Lipinski definition) is 9. The molecule has 2 saturated heterocycles. The van der Waals surface area contributed by atoms with Gasteiger partial charge in [-0.05, 0) is 127 Å². The monoisotopic (exact) mass is 891 g/mol. The number of rotatable bonds is 18. The van der Waals surface area contributed by atoms with Crippen molar-refractivity contribution in [3.8, 4) is 11.5 Å². The third kappa shape index (κ3) is 11.4. The van der Waals surface area contributed by atoms with E-state index in [1.165, 1.54) is 5.56 Å². The SMILES string of the molecule is CCc1ccc(Oc2cccc3cc(C(=O)NCc4cccc(CNC(=O)CN5CCC(CN6CCN(c7ccc8c(c7)CN(C(C=O)CCC(=O)NC)C8=O)CC6)CC5)c4)ccc23)cc1. The summed E-state index contributed by atoms with van der Waals surface area (Å²) in [4.78, 5) is 71.8.